The van der Waals surface area contributed by atoms with Crippen LogP contribution in [0.5, 0.6) is 0 Å². The molecule has 0 aromatic carbocycles. The molecule has 1 aliphatic rings. The Bertz CT molecular complexity index is 175. The lowest BCUT2D eigenvalue weighted by Gasteiger charge is -2.04. The molecular formula is C12H23NO. The highest BCUT2D eigenvalue weighted by Crippen LogP contribution is 2.11. The van der Waals surface area contributed by atoms with Gasteiger partial charge in [-0.25, -0.2) is 0 Å². The Morgan fingerprint density at radius 1 is 1.21 bits per heavy atom. The summed E-state index contributed by atoms with van der Waals surface area (Å²) >= 11 is 0. The van der Waals surface area contributed by atoms with Gasteiger partial charge in [0.05, 0.1) is 6.54 Å². The fourth-order valence-corrected chi connectivity index (χ4v) is 1.71. The highest BCUT2D eigenvalue weighted by atomic mass is 16.5. The van der Waals surface area contributed by atoms with Gasteiger partial charge < -0.3 is 4.74 Å². The van der Waals surface area contributed by atoms with Gasteiger partial charge in [-0.05, 0) is 12.3 Å². The molecule has 1 rings (SSSR count). The molecule has 82 valence electrons. The van der Waals surface area contributed by atoms with E-state index in [9.17, 15) is 0 Å². The lowest BCUT2D eigenvalue weighted by Crippen LogP contribution is -1.98. The summed E-state index contributed by atoms with van der Waals surface area (Å²) in [5.74, 6) is 1.85. The Labute approximate surface area is 87.8 Å². The summed E-state index contributed by atoms with van der Waals surface area (Å²) in [7, 11) is 0. The molecule has 0 bridgehead atoms. The zero-order valence-corrected chi connectivity index (χ0v) is 9.59. The fourth-order valence-electron chi connectivity index (χ4n) is 1.71. The topological polar surface area (TPSA) is 21.6 Å². The number of hydrogen-bond acceptors (Lipinski definition) is 2. The largest absolute Gasteiger partial charge is 0.479 e. The van der Waals surface area contributed by atoms with Crippen LogP contribution in [-0.2, 0) is 4.74 Å². The van der Waals surface area contributed by atoms with E-state index in [0.717, 1.165) is 31.4 Å². The molecule has 0 saturated heterocycles. The molecule has 0 unspecified atom stereocenters. The predicted molar refractivity (Wildman–Crippen MR) is 60.8 cm³/mol. The molecule has 0 amide bonds. The zero-order valence-electron chi connectivity index (χ0n) is 9.59. The molecule has 14 heavy (non-hydrogen) atoms. The molecule has 2 heteroatoms. The van der Waals surface area contributed by atoms with Crippen molar-refractivity contribution < 1.29 is 4.74 Å². The quantitative estimate of drug-likeness (QED) is 0.573. The van der Waals surface area contributed by atoms with Crippen LogP contribution in [0.4, 0.5) is 0 Å². The number of ether oxygens (including phenoxy) is 1. The molecule has 0 atom stereocenters. The van der Waals surface area contributed by atoms with Crippen molar-refractivity contribution in [3.05, 3.63) is 0 Å². The second kappa shape index (κ2) is 6.86. The van der Waals surface area contributed by atoms with Crippen LogP contribution in [0.15, 0.2) is 4.99 Å². The van der Waals surface area contributed by atoms with Crippen molar-refractivity contribution in [3.8, 4) is 0 Å². The van der Waals surface area contributed by atoms with Gasteiger partial charge in [-0.15, -0.1) is 0 Å². The summed E-state index contributed by atoms with van der Waals surface area (Å²) in [6.07, 6.45) is 7.75. The highest BCUT2D eigenvalue weighted by Gasteiger charge is 2.05. The van der Waals surface area contributed by atoms with Gasteiger partial charge in [0.15, 0.2) is 5.90 Å². The lowest BCUT2D eigenvalue weighted by atomic mass is 10.0. The van der Waals surface area contributed by atoms with Crippen LogP contribution in [-0.4, -0.2) is 19.0 Å². The van der Waals surface area contributed by atoms with Crippen molar-refractivity contribution in [1.82, 2.24) is 0 Å². The molecule has 1 aliphatic heterocycles. The third-order valence-corrected chi connectivity index (χ3v) is 2.57. The van der Waals surface area contributed by atoms with Crippen molar-refractivity contribution in [1.29, 1.82) is 0 Å². The minimum Gasteiger partial charge on any atom is -0.479 e. The zero-order chi connectivity index (χ0) is 10.2. The van der Waals surface area contributed by atoms with Gasteiger partial charge in [-0.3, -0.25) is 4.99 Å². The van der Waals surface area contributed by atoms with E-state index >= 15 is 0 Å². The molecule has 0 N–H and O–H groups in total. The van der Waals surface area contributed by atoms with E-state index in [1.807, 2.05) is 0 Å². The van der Waals surface area contributed by atoms with Crippen molar-refractivity contribution in [2.24, 2.45) is 10.9 Å². The number of nitrogens with zero attached hydrogens (tertiary/aromatic N) is 1. The second-order valence-electron chi connectivity index (χ2n) is 4.47. The van der Waals surface area contributed by atoms with Crippen molar-refractivity contribution in [2.45, 2.75) is 52.4 Å². The summed E-state index contributed by atoms with van der Waals surface area (Å²) in [4.78, 5) is 4.28. The molecule has 0 spiro atoms. The molecule has 0 radical (unpaired) electrons. The van der Waals surface area contributed by atoms with E-state index in [1.54, 1.807) is 0 Å². The van der Waals surface area contributed by atoms with Crippen LogP contribution >= 0.6 is 0 Å². The van der Waals surface area contributed by atoms with Crippen LogP contribution in [0.3, 0.4) is 0 Å². The van der Waals surface area contributed by atoms with Crippen molar-refractivity contribution in [2.75, 3.05) is 13.2 Å². The van der Waals surface area contributed by atoms with Gasteiger partial charge in [-0.1, -0.05) is 39.5 Å². The van der Waals surface area contributed by atoms with E-state index in [1.165, 1.54) is 32.1 Å². The van der Waals surface area contributed by atoms with E-state index in [-0.39, 0.29) is 0 Å². The molecule has 0 aromatic rings. The molecule has 2 nitrogen and oxygen atoms in total. The molecule has 1 heterocycles. The van der Waals surface area contributed by atoms with E-state index in [0.29, 0.717) is 0 Å². The van der Waals surface area contributed by atoms with Crippen LogP contribution in [0, 0.1) is 5.92 Å². The maximum Gasteiger partial charge on any atom is 0.183 e. The van der Waals surface area contributed by atoms with Gasteiger partial charge in [0, 0.05) is 6.42 Å². The van der Waals surface area contributed by atoms with Crippen LogP contribution in [0.1, 0.15) is 52.4 Å². The number of unbranched alkanes of at least 4 members (excludes halogenated alkanes) is 3. The predicted octanol–water partition coefficient (Wildman–Crippen LogP) is 3.41. The number of rotatable bonds is 7. The second-order valence-corrected chi connectivity index (χ2v) is 4.47. The maximum atomic E-state index is 5.35. The monoisotopic (exact) mass is 197 g/mol. The van der Waals surface area contributed by atoms with Crippen LogP contribution < -0.4 is 0 Å². The Hall–Kier alpha value is -0.530. The van der Waals surface area contributed by atoms with E-state index in [2.05, 4.69) is 18.8 Å². The highest BCUT2D eigenvalue weighted by molar-refractivity contribution is 5.77. The first-order valence-corrected chi connectivity index (χ1v) is 5.95. The van der Waals surface area contributed by atoms with Gasteiger partial charge in [0.25, 0.3) is 0 Å². The lowest BCUT2D eigenvalue weighted by molar-refractivity contribution is 0.336. The first kappa shape index (κ1) is 11.5. The summed E-state index contributed by atoms with van der Waals surface area (Å²) in [6, 6.07) is 0. The Balaban J connectivity index is 1.84. The third-order valence-electron chi connectivity index (χ3n) is 2.57. The Morgan fingerprint density at radius 2 is 2.00 bits per heavy atom. The average molecular weight is 197 g/mol. The Kier molecular flexibility index (Phi) is 5.65. The molecule has 0 saturated carbocycles. The van der Waals surface area contributed by atoms with Gasteiger partial charge >= 0.3 is 0 Å². The fraction of sp³-hybridized carbons (Fsp3) is 0.917. The number of aliphatic imine (C=N–C) groups is 1. The number of hydrogen-bond donors (Lipinski definition) is 0. The normalized spacial score (nSPS) is 15.8. The van der Waals surface area contributed by atoms with Crippen molar-refractivity contribution >= 4 is 5.90 Å². The first-order chi connectivity index (χ1) is 6.79. The standard InChI is InChI=1S/C12H23NO/c1-11(2)7-5-3-4-6-8-12-13-9-10-14-12/h11H,3-10H2,1-2H3. The van der Waals surface area contributed by atoms with E-state index in [4.69, 9.17) is 4.74 Å². The third kappa shape index (κ3) is 5.25. The van der Waals surface area contributed by atoms with Crippen LogP contribution in [0.2, 0.25) is 0 Å². The van der Waals surface area contributed by atoms with Gasteiger partial charge in [0.1, 0.15) is 6.61 Å². The summed E-state index contributed by atoms with van der Waals surface area (Å²) < 4.78 is 5.35. The Morgan fingerprint density at radius 3 is 2.64 bits per heavy atom. The van der Waals surface area contributed by atoms with Gasteiger partial charge in [-0.2, -0.15) is 0 Å². The summed E-state index contributed by atoms with van der Waals surface area (Å²) in [5.41, 5.74) is 0. The van der Waals surface area contributed by atoms with Crippen molar-refractivity contribution in [3.63, 3.8) is 0 Å². The smallest absolute Gasteiger partial charge is 0.183 e. The average Bonchev–Trinajstić information content (AvgIpc) is 2.63. The SMILES string of the molecule is CC(C)CCCCCCC1=NCCO1. The molecule has 0 aromatic heterocycles. The first-order valence-electron chi connectivity index (χ1n) is 5.95. The minimum absolute atomic E-state index is 0.808. The van der Waals surface area contributed by atoms with Gasteiger partial charge in [0.2, 0.25) is 0 Å². The van der Waals surface area contributed by atoms with E-state index < -0.39 is 0 Å². The summed E-state index contributed by atoms with van der Waals surface area (Å²) in [5, 5.41) is 0. The molecule has 0 fully saturated rings. The molecular weight excluding hydrogens is 174 g/mol. The summed E-state index contributed by atoms with van der Waals surface area (Å²) in [6.45, 7) is 6.27. The maximum absolute atomic E-state index is 5.35. The minimum atomic E-state index is 0.808. The van der Waals surface area contributed by atoms with Crippen LogP contribution in [0.25, 0.3) is 0 Å². The molecule has 0 aliphatic carbocycles.